The Morgan fingerprint density at radius 1 is 1.25 bits per heavy atom. The summed E-state index contributed by atoms with van der Waals surface area (Å²) in [6, 6.07) is 10.9. The lowest BCUT2D eigenvalue weighted by atomic mass is 10.0. The lowest BCUT2D eigenvalue weighted by molar-refractivity contribution is -0.191. The number of hydrogen-bond donors (Lipinski definition) is 1. The van der Waals surface area contributed by atoms with Gasteiger partial charge in [0.15, 0.2) is 0 Å². The highest BCUT2D eigenvalue weighted by Gasteiger charge is 2.13. The van der Waals surface area contributed by atoms with Crippen molar-refractivity contribution in [3.63, 3.8) is 0 Å². The number of rotatable bonds is 7. The molecular weight excluding hydrogens is 254 g/mol. The molecule has 0 aliphatic heterocycles. The molecule has 0 radical (unpaired) electrons. The van der Waals surface area contributed by atoms with Crippen LogP contribution in [-0.2, 0) is 20.8 Å². The van der Waals surface area contributed by atoms with Crippen molar-refractivity contribution in [3.8, 4) is 0 Å². The Kier molecular flexibility index (Phi) is 10.1. The molecule has 0 unspecified atom stereocenters. The molecule has 1 N–H and O–H groups in total. The van der Waals surface area contributed by atoms with Gasteiger partial charge in [-0.05, 0) is 38.7 Å². The molecule has 1 rings (SSSR count). The van der Waals surface area contributed by atoms with Gasteiger partial charge in [-0.3, -0.25) is 4.79 Å². The molecule has 1 aromatic carbocycles. The number of aryl methyl sites for hydroxylation is 1. The zero-order valence-electron chi connectivity index (χ0n) is 12.4. The Hall–Kier alpha value is -1.77. The van der Waals surface area contributed by atoms with Crippen LogP contribution in [-0.4, -0.2) is 24.0 Å². The summed E-state index contributed by atoms with van der Waals surface area (Å²) < 4.78 is 0. The SMILES string of the molecule is CC[C@H](CCc1ccccc1)N[C@@H](C)C(C)=O.O=C=O. The first kappa shape index (κ1) is 18.2. The maximum atomic E-state index is 11.2. The fourth-order valence-electron chi connectivity index (χ4n) is 1.86. The van der Waals surface area contributed by atoms with Crippen molar-refractivity contribution in [2.45, 2.75) is 52.1 Å². The Labute approximate surface area is 120 Å². The average Bonchev–Trinajstić information content (AvgIpc) is 2.45. The van der Waals surface area contributed by atoms with E-state index in [4.69, 9.17) is 9.59 Å². The van der Waals surface area contributed by atoms with Crippen LogP contribution in [0.4, 0.5) is 0 Å². The molecule has 1 aromatic rings. The molecule has 20 heavy (non-hydrogen) atoms. The van der Waals surface area contributed by atoms with E-state index in [9.17, 15) is 4.79 Å². The fraction of sp³-hybridized carbons (Fsp3) is 0.500. The van der Waals surface area contributed by atoms with Crippen molar-refractivity contribution in [2.75, 3.05) is 0 Å². The first-order chi connectivity index (χ1) is 9.54. The van der Waals surface area contributed by atoms with Crippen LogP contribution >= 0.6 is 0 Å². The molecule has 4 heteroatoms. The summed E-state index contributed by atoms with van der Waals surface area (Å²) >= 11 is 0. The van der Waals surface area contributed by atoms with E-state index < -0.39 is 0 Å². The molecule has 0 amide bonds. The molecule has 0 spiro atoms. The van der Waals surface area contributed by atoms with Crippen molar-refractivity contribution in [1.82, 2.24) is 5.32 Å². The third kappa shape index (κ3) is 8.35. The zero-order chi connectivity index (χ0) is 15.4. The second kappa shape index (κ2) is 11.1. The second-order valence-electron chi connectivity index (χ2n) is 4.71. The van der Waals surface area contributed by atoms with Crippen LogP contribution in [0.25, 0.3) is 0 Å². The maximum absolute atomic E-state index is 11.2. The van der Waals surface area contributed by atoms with Crippen molar-refractivity contribution in [2.24, 2.45) is 0 Å². The van der Waals surface area contributed by atoms with E-state index in [1.54, 1.807) is 6.92 Å². The molecule has 0 heterocycles. The largest absolute Gasteiger partial charge is 0.373 e. The normalized spacial score (nSPS) is 12.6. The van der Waals surface area contributed by atoms with Crippen LogP contribution in [0.1, 0.15) is 39.2 Å². The highest BCUT2D eigenvalue weighted by molar-refractivity contribution is 5.80. The van der Waals surface area contributed by atoms with Gasteiger partial charge >= 0.3 is 6.15 Å². The number of Topliss-reactive ketones (excluding diaryl/α,β-unsaturated/α-hetero) is 1. The summed E-state index contributed by atoms with van der Waals surface area (Å²) in [6.07, 6.45) is 3.46. The number of benzene rings is 1. The minimum absolute atomic E-state index is 0.0317. The van der Waals surface area contributed by atoms with Crippen LogP contribution in [0.15, 0.2) is 30.3 Å². The van der Waals surface area contributed by atoms with E-state index in [2.05, 4.69) is 36.5 Å². The molecule has 4 nitrogen and oxygen atoms in total. The molecular formula is C16H23NO3. The summed E-state index contributed by atoms with van der Waals surface area (Å²) in [7, 11) is 0. The molecule has 110 valence electrons. The van der Waals surface area contributed by atoms with Crippen molar-refractivity contribution in [3.05, 3.63) is 35.9 Å². The summed E-state index contributed by atoms with van der Waals surface area (Å²) in [4.78, 5) is 27.5. The van der Waals surface area contributed by atoms with Crippen LogP contribution in [0.5, 0.6) is 0 Å². The predicted molar refractivity (Wildman–Crippen MR) is 77.1 cm³/mol. The number of hydrogen-bond acceptors (Lipinski definition) is 4. The lowest BCUT2D eigenvalue weighted by Crippen LogP contribution is -2.40. The van der Waals surface area contributed by atoms with E-state index in [1.165, 1.54) is 5.56 Å². The summed E-state index contributed by atoms with van der Waals surface area (Å²) in [6.45, 7) is 5.74. The summed E-state index contributed by atoms with van der Waals surface area (Å²) in [5.74, 6) is 0.211. The minimum atomic E-state index is -0.0317. The van der Waals surface area contributed by atoms with E-state index in [0.717, 1.165) is 19.3 Å². The molecule has 0 aliphatic rings. The Balaban J connectivity index is 0.00000110. The third-order valence-corrected chi connectivity index (χ3v) is 3.21. The lowest BCUT2D eigenvalue weighted by Gasteiger charge is -2.20. The second-order valence-corrected chi connectivity index (χ2v) is 4.71. The van der Waals surface area contributed by atoms with Crippen molar-refractivity contribution in [1.29, 1.82) is 0 Å². The summed E-state index contributed by atoms with van der Waals surface area (Å²) in [5.41, 5.74) is 1.36. The van der Waals surface area contributed by atoms with E-state index in [-0.39, 0.29) is 18.0 Å². The molecule has 0 saturated carbocycles. The number of carbonyl (C=O) groups excluding carboxylic acids is 3. The van der Waals surface area contributed by atoms with Crippen LogP contribution in [0.3, 0.4) is 0 Å². The first-order valence-corrected chi connectivity index (χ1v) is 6.84. The topological polar surface area (TPSA) is 63.2 Å². The Morgan fingerprint density at radius 3 is 2.25 bits per heavy atom. The third-order valence-electron chi connectivity index (χ3n) is 3.21. The van der Waals surface area contributed by atoms with E-state index in [0.29, 0.717) is 6.04 Å². The Morgan fingerprint density at radius 2 is 1.80 bits per heavy atom. The van der Waals surface area contributed by atoms with Gasteiger partial charge in [-0.15, -0.1) is 0 Å². The monoisotopic (exact) mass is 277 g/mol. The highest BCUT2D eigenvalue weighted by atomic mass is 16.2. The number of ketones is 1. The predicted octanol–water partition coefficient (Wildman–Crippen LogP) is 2.38. The zero-order valence-corrected chi connectivity index (χ0v) is 12.4. The van der Waals surface area contributed by atoms with Gasteiger partial charge in [0.05, 0.1) is 6.04 Å². The van der Waals surface area contributed by atoms with Crippen LogP contribution in [0, 0.1) is 0 Å². The van der Waals surface area contributed by atoms with Gasteiger partial charge in [0.1, 0.15) is 5.78 Å². The number of nitrogens with one attached hydrogen (secondary N) is 1. The van der Waals surface area contributed by atoms with Gasteiger partial charge in [0.25, 0.3) is 0 Å². The minimum Gasteiger partial charge on any atom is -0.305 e. The van der Waals surface area contributed by atoms with Crippen LogP contribution < -0.4 is 5.32 Å². The van der Waals surface area contributed by atoms with Crippen molar-refractivity contribution >= 4 is 11.9 Å². The van der Waals surface area contributed by atoms with Gasteiger partial charge in [-0.1, -0.05) is 37.3 Å². The van der Waals surface area contributed by atoms with E-state index >= 15 is 0 Å². The standard InChI is InChI=1S/C15H23NO.CO2/c1-4-15(16-12(2)13(3)17)11-10-14-8-6-5-7-9-14;2-1-3/h5-9,12,15-16H,4,10-11H2,1-3H3;/t12-,15+;/m0./s1. The molecule has 2 atom stereocenters. The molecule has 0 aliphatic carbocycles. The first-order valence-electron chi connectivity index (χ1n) is 6.84. The molecule has 0 fully saturated rings. The van der Waals surface area contributed by atoms with Gasteiger partial charge in [-0.25, -0.2) is 0 Å². The highest BCUT2D eigenvalue weighted by Crippen LogP contribution is 2.07. The molecule has 0 aromatic heterocycles. The van der Waals surface area contributed by atoms with E-state index in [1.807, 2.05) is 13.0 Å². The summed E-state index contributed by atoms with van der Waals surface area (Å²) in [5, 5.41) is 3.39. The smallest absolute Gasteiger partial charge is 0.305 e. The average molecular weight is 277 g/mol. The molecule has 0 bridgehead atoms. The van der Waals surface area contributed by atoms with Crippen LogP contribution in [0.2, 0.25) is 0 Å². The quantitative estimate of drug-likeness (QED) is 0.831. The van der Waals surface area contributed by atoms with Gasteiger partial charge < -0.3 is 5.32 Å². The van der Waals surface area contributed by atoms with Gasteiger partial charge in [0, 0.05) is 6.04 Å². The maximum Gasteiger partial charge on any atom is 0.373 e. The molecule has 0 saturated heterocycles. The van der Waals surface area contributed by atoms with Gasteiger partial charge in [-0.2, -0.15) is 9.59 Å². The van der Waals surface area contributed by atoms with Gasteiger partial charge in [0.2, 0.25) is 0 Å². The van der Waals surface area contributed by atoms with Crippen molar-refractivity contribution < 1.29 is 14.4 Å². The fourth-order valence-corrected chi connectivity index (χ4v) is 1.86. The number of carbonyl (C=O) groups is 1. The Bertz CT molecular complexity index is 411.